The zero-order valence-electron chi connectivity index (χ0n) is 12.2. The quantitative estimate of drug-likeness (QED) is 0.889. The number of alkyl halides is 3. The molecule has 0 saturated heterocycles. The lowest BCUT2D eigenvalue weighted by atomic mass is 9.84. The highest BCUT2D eigenvalue weighted by molar-refractivity contribution is 5.28. The Morgan fingerprint density at radius 1 is 1.24 bits per heavy atom. The molecular weight excluding hydrogens is 279 g/mol. The van der Waals surface area contributed by atoms with Gasteiger partial charge in [0.2, 0.25) is 0 Å². The summed E-state index contributed by atoms with van der Waals surface area (Å²) in [6, 6.07) is 7.20. The lowest BCUT2D eigenvalue weighted by molar-refractivity contribution is -0.188. The van der Waals surface area contributed by atoms with Crippen LogP contribution in [0.1, 0.15) is 31.2 Å². The Morgan fingerprint density at radius 2 is 2.00 bits per heavy atom. The highest BCUT2D eigenvalue weighted by Gasteiger charge is 2.45. The fraction of sp³-hybridized carbons (Fsp3) is 0.625. The molecular formula is C16H22F3NO. The van der Waals surface area contributed by atoms with Crippen molar-refractivity contribution in [3.63, 3.8) is 0 Å². The van der Waals surface area contributed by atoms with Gasteiger partial charge in [0.25, 0.3) is 0 Å². The summed E-state index contributed by atoms with van der Waals surface area (Å²) in [5, 5.41) is 3.10. The second kappa shape index (κ2) is 7.16. The molecule has 118 valence electrons. The first kappa shape index (κ1) is 16.1. The molecule has 0 aromatic heterocycles. The van der Waals surface area contributed by atoms with Crippen molar-refractivity contribution >= 4 is 0 Å². The summed E-state index contributed by atoms with van der Waals surface area (Å²) in [7, 11) is 1.60. The third kappa shape index (κ3) is 4.63. The van der Waals surface area contributed by atoms with Crippen molar-refractivity contribution in [3.05, 3.63) is 29.8 Å². The molecule has 0 spiro atoms. The number of nitrogens with one attached hydrogen (secondary N) is 1. The van der Waals surface area contributed by atoms with Gasteiger partial charge >= 0.3 is 6.18 Å². The third-order valence-corrected chi connectivity index (χ3v) is 4.14. The van der Waals surface area contributed by atoms with Crippen LogP contribution >= 0.6 is 0 Å². The molecule has 5 heteroatoms. The van der Waals surface area contributed by atoms with Crippen LogP contribution in [0.25, 0.3) is 0 Å². The van der Waals surface area contributed by atoms with Crippen molar-refractivity contribution in [2.75, 3.05) is 13.7 Å². The summed E-state index contributed by atoms with van der Waals surface area (Å²) in [6.45, 7) is 0.560. The van der Waals surface area contributed by atoms with E-state index in [1.165, 1.54) is 0 Å². The first-order valence-electron chi connectivity index (χ1n) is 7.43. The van der Waals surface area contributed by atoms with Gasteiger partial charge in [0.05, 0.1) is 13.0 Å². The van der Waals surface area contributed by atoms with E-state index in [1.54, 1.807) is 7.11 Å². The third-order valence-electron chi connectivity index (χ3n) is 4.14. The van der Waals surface area contributed by atoms with Gasteiger partial charge < -0.3 is 10.1 Å². The van der Waals surface area contributed by atoms with Gasteiger partial charge in [-0.1, -0.05) is 25.0 Å². The van der Waals surface area contributed by atoms with Crippen molar-refractivity contribution < 1.29 is 17.9 Å². The van der Waals surface area contributed by atoms with Crippen molar-refractivity contribution in [2.24, 2.45) is 5.92 Å². The Balaban J connectivity index is 1.86. The monoisotopic (exact) mass is 301 g/mol. The molecule has 2 atom stereocenters. The van der Waals surface area contributed by atoms with Gasteiger partial charge in [-0.2, -0.15) is 13.2 Å². The predicted molar refractivity (Wildman–Crippen MR) is 76.5 cm³/mol. The number of halogens is 3. The molecule has 1 fully saturated rings. The number of benzene rings is 1. The number of hydrogen-bond donors (Lipinski definition) is 1. The highest BCUT2D eigenvalue weighted by atomic mass is 19.4. The molecule has 1 aliphatic carbocycles. The molecule has 1 N–H and O–H groups in total. The Labute approximate surface area is 123 Å². The zero-order valence-corrected chi connectivity index (χ0v) is 12.2. The summed E-state index contributed by atoms with van der Waals surface area (Å²) >= 11 is 0. The number of hydrogen-bond acceptors (Lipinski definition) is 2. The van der Waals surface area contributed by atoms with E-state index in [-0.39, 0.29) is 6.42 Å². The molecule has 2 unspecified atom stereocenters. The van der Waals surface area contributed by atoms with Crippen LogP contribution in [-0.4, -0.2) is 25.9 Å². The Bertz CT molecular complexity index is 447. The molecule has 0 aliphatic heterocycles. The van der Waals surface area contributed by atoms with Crippen molar-refractivity contribution in [2.45, 2.75) is 44.3 Å². The predicted octanol–water partition coefficient (Wildman–Crippen LogP) is 3.95. The van der Waals surface area contributed by atoms with Crippen LogP contribution in [0.3, 0.4) is 0 Å². The minimum absolute atomic E-state index is 0.250. The zero-order chi connectivity index (χ0) is 15.3. The number of rotatable bonds is 5. The van der Waals surface area contributed by atoms with Crippen LogP contribution in [0.4, 0.5) is 13.2 Å². The lowest BCUT2D eigenvalue weighted by Crippen LogP contribution is -2.46. The van der Waals surface area contributed by atoms with Gasteiger partial charge in [-0.3, -0.25) is 0 Å². The first-order chi connectivity index (χ1) is 10.0. The standard InChI is InChI=1S/C16H22F3NO/c1-21-13-6-4-5-12(11-13)9-10-20-15-8-3-2-7-14(15)16(17,18)19/h4-6,11,14-15,20H,2-3,7-10H2,1H3. The summed E-state index contributed by atoms with van der Waals surface area (Å²) in [5.74, 6) is -0.421. The second-order valence-corrected chi connectivity index (χ2v) is 5.59. The maximum absolute atomic E-state index is 13.0. The van der Waals surface area contributed by atoms with E-state index in [0.29, 0.717) is 25.8 Å². The van der Waals surface area contributed by atoms with E-state index >= 15 is 0 Å². The molecule has 1 aliphatic rings. The van der Waals surface area contributed by atoms with Gasteiger partial charge in [0.1, 0.15) is 5.75 Å². The fourth-order valence-electron chi connectivity index (χ4n) is 3.00. The largest absolute Gasteiger partial charge is 0.497 e. The Morgan fingerprint density at radius 3 is 2.71 bits per heavy atom. The summed E-state index contributed by atoms with van der Waals surface area (Å²) in [5.41, 5.74) is 1.07. The molecule has 1 aromatic rings. The maximum Gasteiger partial charge on any atom is 0.393 e. The van der Waals surface area contributed by atoms with Crippen LogP contribution in [0.2, 0.25) is 0 Å². The van der Waals surface area contributed by atoms with Gasteiger partial charge in [-0.15, -0.1) is 0 Å². The molecule has 0 heterocycles. The average molecular weight is 301 g/mol. The van der Waals surface area contributed by atoms with Crippen molar-refractivity contribution in [3.8, 4) is 5.75 Å². The fourth-order valence-corrected chi connectivity index (χ4v) is 3.00. The number of methoxy groups -OCH3 is 1. The molecule has 2 rings (SSSR count). The minimum Gasteiger partial charge on any atom is -0.497 e. The van der Waals surface area contributed by atoms with Gasteiger partial charge in [0.15, 0.2) is 0 Å². The van der Waals surface area contributed by atoms with E-state index in [9.17, 15) is 13.2 Å². The second-order valence-electron chi connectivity index (χ2n) is 5.59. The van der Waals surface area contributed by atoms with Crippen LogP contribution in [0.15, 0.2) is 24.3 Å². The van der Waals surface area contributed by atoms with Gasteiger partial charge in [0, 0.05) is 6.04 Å². The Kier molecular flexibility index (Phi) is 5.51. The van der Waals surface area contributed by atoms with Crippen LogP contribution in [0, 0.1) is 5.92 Å². The van der Waals surface area contributed by atoms with Gasteiger partial charge in [-0.05, 0) is 43.5 Å². The maximum atomic E-state index is 13.0. The summed E-state index contributed by atoms with van der Waals surface area (Å²) in [4.78, 5) is 0. The summed E-state index contributed by atoms with van der Waals surface area (Å²) in [6.07, 6.45) is -0.962. The molecule has 0 amide bonds. The van der Waals surface area contributed by atoms with Crippen molar-refractivity contribution in [1.29, 1.82) is 0 Å². The molecule has 1 saturated carbocycles. The van der Waals surface area contributed by atoms with E-state index in [1.807, 2.05) is 24.3 Å². The molecule has 0 radical (unpaired) electrons. The van der Waals surface area contributed by atoms with Crippen LogP contribution in [0.5, 0.6) is 5.75 Å². The van der Waals surface area contributed by atoms with Crippen molar-refractivity contribution in [1.82, 2.24) is 5.32 Å². The van der Waals surface area contributed by atoms with Crippen LogP contribution in [-0.2, 0) is 6.42 Å². The summed E-state index contributed by atoms with van der Waals surface area (Å²) < 4.78 is 44.1. The highest BCUT2D eigenvalue weighted by Crippen LogP contribution is 2.37. The average Bonchev–Trinajstić information content (AvgIpc) is 2.47. The van der Waals surface area contributed by atoms with Gasteiger partial charge in [-0.25, -0.2) is 0 Å². The first-order valence-corrected chi connectivity index (χ1v) is 7.43. The smallest absolute Gasteiger partial charge is 0.393 e. The molecule has 2 nitrogen and oxygen atoms in total. The number of ether oxygens (including phenoxy) is 1. The molecule has 1 aromatic carbocycles. The molecule has 21 heavy (non-hydrogen) atoms. The van der Waals surface area contributed by atoms with E-state index in [2.05, 4.69) is 5.32 Å². The normalized spacial score (nSPS) is 23.0. The van der Waals surface area contributed by atoms with Crippen LogP contribution < -0.4 is 10.1 Å². The molecule has 0 bridgehead atoms. The topological polar surface area (TPSA) is 21.3 Å². The van der Waals surface area contributed by atoms with E-state index in [0.717, 1.165) is 17.7 Å². The van der Waals surface area contributed by atoms with E-state index in [4.69, 9.17) is 4.74 Å². The lowest BCUT2D eigenvalue weighted by Gasteiger charge is -2.33. The SMILES string of the molecule is COc1cccc(CCNC2CCCCC2C(F)(F)F)c1. The van der Waals surface area contributed by atoms with E-state index < -0.39 is 18.1 Å². The minimum atomic E-state index is -4.09. The Hall–Kier alpha value is -1.23.